The molecule has 2 rings (SSSR count). The zero-order valence-corrected chi connectivity index (χ0v) is 8.11. The van der Waals surface area contributed by atoms with E-state index in [0.29, 0.717) is 12.5 Å². The van der Waals surface area contributed by atoms with Gasteiger partial charge in [0, 0.05) is 13.2 Å². The van der Waals surface area contributed by atoms with E-state index >= 15 is 0 Å². The van der Waals surface area contributed by atoms with E-state index in [1.54, 1.807) is 10.9 Å². The first kappa shape index (κ1) is 8.29. The van der Waals surface area contributed by atoms with Gasteiger partial charge in [0.1, 0.15) is 6.61 Å². The van der Waals surface area contributed by atoms with E-state index in [2.05, 4.69) is 23.9 Å². The third-order valence-corrected chi connectivity index (χ3v) is 1.92. The molecule has 0 aliphatic carbocycles. The Morgan fingerprint density at radius 3 is 2.77 bits per heavy atom. The second-order valence-corrected chi connectivity index (χ2v) is 3.92. The summed E-state index contributed by atoms with van der Waals surface area (Å²) in [6, 6.07) is 0. The van der Waals surface area contributed by atoms with Crippen LogP contribution in [0.15, 0.2) is 17.4 Å². The van der Waals surface area contributed by atoms with Gasteiger partial charge in [-0.05, 0) is 13.8 Å². The van der Waals surface area contributed by atoms with Crippen LogP contribution in [0, 0.1) is 0 Å². The fourth-order valence-electron chi connectivity index (χ4n) is 1.26. The number of aliphatic imine (C=N–C) groups is 1. The lowest BCUT2D eigenvalue weighted by Gasteiger charge is -2.07. The Bertz CT molecular complexity index is 351. The normalized spacial score (nSPS) is 19.8. The van der Waals surface area contributed by atoms with Gasteiger partial charge in [0.15, 0.2) is 0 Å². The molecule has 13 heavy (non-hydrogen) atoms. The maximum absolute atomic E-state index is 5.46. The number of aryl methyl sites for hydroxylation is 1. The first-order valence-electron chi connectivity index (χ1n) is 4.28. The van der Waals surface area contributed by atoms with Crippen LogP contribution in [0.5, 0.6) is 0 Å². The van der Waals surface area contributed by atoms with Gasteiger partial charge >= 0.3 is 0 Å². The summed E-state index contributed by atoms with van der Waals surface area (Å²) in [7, 11) is 1.88. The van der Waals surface area contributed by atoms with E-state index in [1.165, 1.54) is 0 Å². The monoisotopic (exact) mass is 179 g/mol. The summed E-state index contributed by atoms with van der Waals surface area (Å²) in [4.78, 5) is 4.45. The van der Waals surface area contributed by atoms with Crippen LogP contribution in [-0.4, -0.2) is 27.8 Å². The lowest BCUT2D eigenvalue weighted by molar-refractivity contribution is 0.279. The molecule has 0 fully saturated rings. The van der Waals surface area contributed by atoms with E-state index in [-0.39, 0.29) is 5.54 Å². The number of nitrogens with zero attached hydrogens (tertiary/aromatic N) is 3. The van der Waals surface area contributed by atoms with Gasteiger partial charge in [-0.1, -0.05) is 0 Å². The number of rotatable bonds is 1. The second-order valence-electron chi connectivity index (χ2n) is 3.92. The van der Waals surface area contributed by atoms with Crippen molar-refractivity contribution in [3.63, 3.8) is 0 Å². The average molecular weight is 179 g/mol. The highest BCUT2D eigenvalue weighted by molar-refractivity contribution is 5.94. The maximum atomic E-state index is 5.46. The molecule has 4 heteroatoms. The van der Waals surface area contributed by atoms with E-state index in [0.717, 1.165) is 5.56 Å². The number of ether oxygens (including phenoxy) is 1. The van der Waals surface area contributed by atoms with E-state index in [9.17, 15) is 0 Å². The van der Waals surface area contributed by atoms with Gasteiger partial charge < -0.3 is 4.74 Å². The molecule has 4 nitrogen and oxygen atoms in total. The molecule has 70 valence electrons. The second kappa shape index (κ2) is 2.58. The SMILES string of the molecule is Cn1cc(C2=NC(C)(C)CO2)cn1. The number of aromatic nitrogens is 2. The van der Waals surface area contributed by atoms with Crippen LogP contribution >= 0.6 is 0 Å². The smallest absolute Gasteiger partial charge is 0.220 e. The van der Waals surface area contributed by atoms with Crippen molar-refractivity contribution in [1.82, 2.24) is 9.78 Å². The van der Waals surface area contributed by atoms with Gasteiger partial charge in [-0.25, -0.2) is 4.99 Å². The standard InChI is InChI=1S/C9H13N3O/c1-9(2)6-13-8(11-9)7-4-10-12(3)5-7/h4-5H,6H2,1-3H3. The van der Waals surface area contributed by atoms with Crippen molar-refractivity contribution in [3.05, 3.63) is 18.0 Å². The summed E-state index contributed by atoms with van der Waals surface area (Å²) in [5.41, 5.74) is 0.860. The molecule has 1 aromatic heterocycles. The molecule has 0 atom stereocenters. The first-order chi connectivity index (χ1) is 6.07. The van der Waals surface area contributed by atoms with Crippen LogP contribution in [-0.2, 0) is 11.8 Å². The summed E-state index contributed by atoms with van der Waals surface area (Å²) in [6.07, 6.45) is 3.67. The van der Waals surface area contributed by atoms with Gasteiger partial charge in [-0.15, -0.1) is 0 Å². The van der Waals surface area contributed by atoms with Crippen LogP contribution in [0.2, 0.25) is 0 Å². The number of hydrogen-bond acceptors (Lipinski definition) is 3. The quantitative estimate of drug-likeness (QED) is 0.644. The van der Waals surface area contributed by atoms with Crippen LogP contribution in [0.1, 0.15) is 19.4 Å². The highest BCUT2D eigenvalue weighted by Gasteiger charge is 2.27. The Morgan fingerprint density at radius 2 is 2.31 bits per heavy atom. The Hall–Kier alpha value is -1.32. The molecule has 0 unspecified atom stereocenters. The fourth-order valence-corrected chi connectivity index (χ4v) is 1.26. The van der Waals surface area contributed by atoms with Gasteiger partial charge in [-0.3, -0.25) is 4.68 Å². The molecule has 0 amide bonds. The predicted molar refractivity (Wildman–Crippen MR) is 49.8 cm³/mol. The van der Waals surface area contributed by atoms with Crippen molar-refractivity contribution >= 4 is 5.90 Å². The molecular weight excluding hydrogens is 166 g/mol. The molecule has 1 aliphatic heterocycles. The third kappa shape index (κ3) is 1.56. The summed E-state index contributed by atoms with van der Waals surface area (Å²) in [6.45, 7) is 4.75. The van der Waals surface area contributed by atoms with Crippen molar-refractivity contribution in [2.24, 2.45) is 12.0 Å². The summed E-state index contributed by atoms with van der Waals surface area (Å²) >= 11 is 0. The maximum Gasteiger partial charge on any atom is 0.220 e. The molecule has 0 aromatic carbocycles. The Balaban J connectivity index is 2.29. The highest BCUT2D eigenvalue weighted by Crippen LogP contribution is 2.19. The zero-order chi connectivity index (χ0) is 9.47. The molecular formula is C9H13N3O. The molecule has 2 heterocycles. The zero-order valence-electron chi connectivity index (χ0n) is 8.11. The third-order valence-electron chi connectivity index (χ3n) is 1.92. The lowest BCUT2D eigenvalue weighted by atomic mass is 10.1. The first-order valence-corrected chi connectivity index (χ1v) is 4.28. The van der Waals surface area contributed by atoms with Crippen LogP contribution < -0.4 is 0 Å². The van der Waals surface area contributed by atoms with Crippen molar-refractivity contribution in [1.29, 1.82) is 0 Å². The van der Waals surface area contributed by atoms with Crippen LogP contribution in [0.4, 0.5) is 0 Å². The molecule has 0 bridgehead atoms. The molecule has 0 radical (unpaired) electrons. The van der Waals surface area contributed by atoms with Gasteiger partial charge in [0.2, 0.25) is 5.90 Å². The molecule has 0 spiro atoms. The van der Waals surface area contributed by atoms with Gasteiger partial charge in [-0.2, -0.15) is 5.10 Å². The minimum Gasteiger partial charge on any atom is -0.475 e. The van der Waals surface area contributed by atoms with Gasteiger partial charge in [0.05, 0.1) is 17.3 Å². The average Bonchev–Trinajstić information content (AvgIpc) is 2.56. The minimum atomic E-state index is -0.0921. The van der Waals surface area contributed by atoms with E-state index < -0.39 is 0 Å². The lowest BCUT2D eigenvalue weighted by Crippen LogP contribution is -2.17. The van der Waals surface area contributed by atoms with Crippen molar-refractivity contribution in [2.75, 3.05) is 6.61 Å². The van der Waals surface area contributed by atoms with Crippen LogP contribution in [0.3, 0.4) is 0 Å². The van der Waals surface area contributed by atoms with E-state index in [4.69, 9.17) is 4.74 Å². The molecule has 1 aromatic rings. The topological polar surface area (TPSA) is 39.4 Å². The minimum absolute atomic E-state index is 0.0921. The fraction of sp³-hybridized carbons (Fsp3) is 0.556. The summed E-state index contributed by atoms with van der Waals surface area (Å²) in [5.74, 6) is 0.707. The van der Waals surface area contributed by atoms with Gasteiger partial charge in [0.25, 0.3) is 0 Å². The Labute approximate surface area is 77.2 Å². The van der Waals surface area contributed by atoms with Crippen molar-refractivity contribution < 1.29 is 4.74 Å². The summed E-state index contributed by atoms with van der Waals surface area (Å²) in [5, 5.41) is 4.06. The Kier molecular flexibility index (Phi) is 1.65. The van der Waals surface area contributed by atoms with Crippen molar-refractivity contribution in [3.8, 4) is 0 Å². The van der Waals surface area contributed by atoms with Crippen LogP contribution in [0.25, 0.3) is 0 Å². The molecule has 1 aliphatic rings. The highest BCUT2D eigenvalue weighted by atomic mass is 16.5. The predicted octanol–water partition coefficient (Wildman–Crippen LogP) is 0.976. The molecule has 0 saturated heterocycles. The molecule has 0 saturated carbocycles. The summed E-state index contributed by atoms with van der Waals surface area (Å²) < 4.78 is 7.21. The number of hydrogen-bond donors (Lipinski definition) is 0. The van der Waals surface area contributed by atoms with Crippen molar-refractivity contribution in [2.45, 2.75) is 19.4 Å². The Morgan fingerprint density at radius 1 is 1.54 bits per heavy atom. The van der Waals surface area contributed by atoms with E-state index in [1.807, 2.05) is 13.2 Å². The molecule has 0 N–H and O–H groups in total. The largest absolute Gasteiger partial charge is 0.475 e.